The number of hydrogen-bond acceptors (Lipinski definition) is 4. The van der Waals surface area contributed by atoms with E-state index in [-0.39, 0.29) is 12.6 Å². The monoisotopic (exact) mass is 287 g/mol. The van der Waals surface area contributed by atoms with Crippen molar-refractivity contribution in [2.45, 2.75) is 26.2 Å². The van der Waals surface area contributed by atoms with Crippen molar-refractivity contribution < 1.29 is 14.6 Å². The predicted molar refractivity (Wildman–Crippen MR) is 82.3 cm³/mol. The third-order valence-electron chi connectivity index (χ3n) is 3.31. The van der Waals surface area contributed by atoms with Crippen LogP contribution in [0, 0.1) is 0 Å². The molecule has 0 radical (unpaired) electrons. The summed E-state index contributed by atoms with van der Waals surface area (Å²) in [5, 5.41) is 9.03. The maximum Gasteiger partial charge on any atom is 0.128 e. The quantitative estimate of drug-likeness (QED) is 0.857. The van der Waals surface area contributed by atoms with Crippen LogP contribution in [0.3, 0.4) is 0 Å². The number of rotatable bonds is 6. The average Bonchev–Trinajstić information content (AvgIpc) is 2.52. The van der Waals surface area contributed by atoms with E-state index in [1.54, 1.807) is 7.11 Å². The van der Waals surface area contributed by atoms with Crippen molar-refractivity contribution >= 4 is 0 Å². The number of benzene rings is 2. The molecule has 4 nitrogen and oxygen atoms in total. The van der Waals surface area contributed by atoms with E-state index in [1.807, 2.05) is 49.4 Å². The van der Waals surface area contributed by atoms with Gasteiger partial charge in [-0.3, -0.25) is 0 Å². The van der Waals surface area contributed by atoms with Gasteiger partial charge in [-0.15, -0.1) is 0 Å². The summed E-state index contributed by atoms with van der Waals surface area (Å²) in [5.74, 6) is 1.47. The number of aliphatic hydroxyl groups is 1. The molecule has 2 aromatic rings. The van der Waals surface area contributed by atoms with Gasteiger partial charge in [-0.25, -0.2) is 0 Å². The van der Waals surface area contributed by atoms with Gasteiger partial charge in [0.15, 0.2) is 0 Å². The fourth-order valence-electron chi connectivity index (χ4n) is 2.04. The lowest BCUT2D eigenvalue weighted by Gasteiger charge is -2.15. The summed E-state index contributed by atoms with van der Waals surface area (Å²) >= 11 is 0. The van der Waals surface area contributed by atoms with Crippen LogP contribution in [-0.4, -0.2) is 12.2 Å². The molecule has 3 N–H and O–H groups in total. The Morgan fingerprint density at radius 2 is 1.76 bits per heavy atom. The molecule has 0 aliphatic rings. The summed E-state index contributed by atoms with van der Waals surface area (Å²) in [6.45, 7) is 2.41. The Bertz CT molecular complexity index is 579. The van der Waals surface area contributed by atoms with Crippen molar-refractivity contribution in [2.75, 3.05) is 7.11 Å². The number of methoxy groups -OCH3 is 1. The van der Waals surface area contributed by atoms with Gasteiger partial charge in [-0.1, -0.05) is 30.3 Å². The van der Waals surface area contributed by atoms with Crippen LogP contribution in [0.4, 0.5) is 0 Å². The van der Waals surface area contributed by atoms with Crippen molar-refractivity contribution in [2.24, 2.45) is 5.73 Å². The molecule has 2 rings (SSSR count). The molecule has 0 amide bonds. The summed E-state index contributed by atoms with van der Waals surface area (Å²) in [6, 6.07) is 13.2. The summed E-state index contributed by atoms with van der Waals surface area (Å²) < 4.78 is 11.1. The van der Waals surface area contributed by atoms with E-state index in [2.05, 4.69) is 0 Å². The molecule has 4 heteroatoms. The minimum atomic E-state index is -0.109. The first-order valence-corrected chi connectivity index (χ1v) is 6.89. The zero-order chi connectivity index (χ0) is 15.2. The molecule has 0 bridgehead atoms. The Labute approximate surface area is 125 Å². The van der Waals surface area contributed by atoms with E-state index in [1.165, 1.54) is 0 Å². The molecule has 0 aromatic heterocycles. The molecule has 0 aliphatic carbocycles. The first kappa shape index (κ1) is 15.4. The lowest BCUT2D eigenvalue weighted by Crippen LogP contribution is -2.08. The van der Waals surface area contributed by atoms with E-state index in [9.17, 15) is 0 Å². The topological polar surface area (TPSA) is 64.7 Å². The van der Waals surface area contributed by atoms with Crippen molar-refractivity contribution in [1.82, 2.24) is 0 Å². The molecule has 0 spiro atoms. The molecule has 0 saturated carbocycles. The molecule has 0 unspecified atom stereocenters. The molecule has 1 atom stereocenters. The smallest absolute Gasteiger partial charge is 0.128 e. The number of aliphatic hydroxyl groups excluding tert-OH is 1. The summed E-state index contributed by atoms with van der Waals surface area (Å²) in [4.78, 5) is 0. The lowest BCUT2D eigenvalue weighted by molar-refractivity contribution is 0.281. The predicted octanol–water partition coefficient (Wildman–Crippen LogP) is 2.79. The van der Waals surface area contributed by atoms with Crippen LogP contribution in [0.15, 0.2) is 42.5 Å². The van der Waals surface area contributed by atoms with Crippen LogP contribution >= 0.6 is 0 Å². The van der Waals surface area contributed by atoms with Gasteiger partial charge < -0.3 is 20.3 Å². The molecule has 0 fully saturated rings. The standard InChI is InChI=1S/C17H21NO3/c1-12(18)16-8-7-15(20-2)9-17(16)21-11-14-5-3-13(10-19)4-6-14/h3-9,12,19H,10-11,18H2,1-2H3/t12-/m0/s1. The zero-order valence-electron chi connectivity index (χ0n) is 12.4. The molecule has 0 heterocycles. The highest BCUT2D eigenvalue weighted by Gasteiger charge is 2.10. The van der Waals surface area contributed by atoms with E-state index in [0.717, 1.165) is 28.2 Å². The van der Waals surface area contributed by atoms with Gasteiger partial charge in [-0.2, -0.15) is 0 Å². The van der Waals surface area contributed by atoms with Crippen molar-refractivity contribution in [1.29, 1.82) is 0 Å². The van der Waals surface area contributed by atoms with Gasteiger partial charge in [0.2, 0.25) is 0 Å². The summed E-state index contributed by atoms with van der Waals surface area (Å²) in [7, 11) is 1.62. The number of ether oxygens (including phenoxy) is 2. The molecule has 2 aromatic carbocycles. The van der Waals surface area contributed by atoms with Crippen LogP contribution in [0.1, 0.15) is 29.7 Å². The maximum atomic E-state index is 9.03. The largest absolute Gasteiger partial charge is 0.497 e. The van der Waals surface area contributed by atoms with E-state index in [4.69, 9.17) is 20.3 Å². The molecular formula is C17H21NO3. The van der Waals surface area contributed by atoms with Crippen LogP contribution in [0.5, 0.6) is 11.5 Å². The van der Waals surface area contributed by atoms with Crippen LogP contribution in [0.25, 0.3) is 0 Å². The highest BCUT2D eigenvalue weighted by molar-refractivity contribution is 5.42. The van der Waals surface area contributed by atoms with E-state index < -0.39 is 0 Å². The SMILES string of the molecule is COc1ccc([C@H](C)N)c(OCc2ccc(CO)cc2)c1. The van der Waals surface area contributed by atoms with Gasteiger partial charge >= 0.3 is 0 Å². The van der Waals surface area contributed by atoms with Crippen molar-refractivity contribution in [3.63, 3.8) is 0 Å². The molecular weight excluding hydrogens is 266 g/mol. The second-order valence-electron chi connectivity index (χ2n) is 4.96. The minimum absolute atomic E-state index is 0.0475. The molecule has 0 aliphatic heterocycles. The van der Waals surface area contributed by atoms with Crippen LogP contribution in [-0.2, 0) is 13.2 Å². The summed E-state index contributed by atoms with van der Waals surface area (Å²) in [6.07, 6.45) is 0. The summed E-state index contributed by atoms with van der Waals surface area (Å²) in [5.41, 5.74) is 8.83. The highest BCUT2D eigenvalue weighted by atomic mass is 16.5. The molecule has 0 saturated heterocycles. The van der Waals surface area contributed by atoms with Gasteiger partial charge in [-0.05, 0) is 24.1 Å². The zero-order valence-corrected chi connectivity index (χ0v) is 12.4. The molecule has 21 heavy (non-hydrogen) atoms. The average molecular weight is 287 g/mol. The highest BCUT2D eigenvalue weighted by Crippen LogP contribution is 2.29. The normalized spacial score (nSPS) is 12.0. The van der Waals surface area contributed by atoms with E-state index in [0.29, 0.717) is 6.61 Å². The Morgan fingerprint density at radius 1 is 1.10 bits per heavy atom. The van der Waals surface area contributed by atoms with Crippen molar-refractivity contribution in [3.8, 4) is 11.5 Å². The first-order chi connectivity index (χ1) is 10.1. The third-order valence-corrected chi connectivity index (χ3v) is 3.31. The van der Waals surface area contributed by atoms with Crippen LogP contribution < -0.4 is 15.2 Å². The van der Waals surface area contributed by atoms with Gasteiger partial charge in [0.05, 0.1) is 13.7 Å². The second-order valence-corrected chi connectivity index (χ2v) is 4.96. The Balaban J connectivity index is 2.13. The Kier molecular flexibility index (Phi) is 5.20. The van der Waals surface area contributed by atoms with Gasteiger partial charge in [0.25, 0.3) is 0 Å². The Morgan fingerprint density at radius 3 is 2.33 bits per heavy atom. The van der Waals surface area contributed by atoms with E-state index >= 15 is 0 Å². The maximum absolute atomic E-state index is 9.03. The first-order valence-electron chi connectivity index (χ1n) is 6.89. The van der Waals surface area contributed by atoms with Crippen molar-refractivity contribution in [3.05, 3.63) is 59.2 Å². The minimum Gasteiger partial charge on any atom is -0.497 e. The Hall–Kier alpha value is -2.04. The van der Waals surface area contributed by atoms with Crippen LogP contribution in [0.2, 0.25) is 0 Å². The third kappa shape index (κ3) is 3.97. The lowest BCUT2D eigenvalue weighted by atomic mass is 10.1. The van der Waals surface area contributed by atoms with Gasteiger partial charge in [0, 0.05) is 17.7 Å². The second kappa shape index (κ2) is 7.11. The molecule has 112 valence electrons. The van der Waals surface area contributed by atoms with Gasteiger partial charge in [0.1, 0.15) is 18.1 Å². The fraction of sp³-hybridized carbons (Fsp3) is 0.294. The number of hydrogen-bond donors (Lipinski definition) is 2. The fourth-order valence-corrected chi connectivity index (χ4v) is 2.04. The number of nitrogens with two attached hydrogens (primary N) is 1.